The van der Waals surface area contributed by atoms with E-state index in [1.54, 1.807) is 46.4 Å². The number of carbonyl (C=O) groups is 5. The summed E-state index contributed by atoms with van der Waals surface area (Å²) in [6.07, 6.45) is -4.33. The van der Waals surface area contributed by atoms with Crippen LogP contribution in [0.3, 0.4) is 0 Å². The van der Waals surface area contributed by atoms with E-state index in [-0.39, 0.29) is 11.9 Å². The number of likely N-dealkylation sites (tertiary alicyclic amines) is 1. The standard InChI is InChI=1S/C17H29N3O6.C6H11NO2.C2HF3O2/c1-16(2,3)25-14(23)18-13(19-15(24)26-17(4,5)6)20-9-7-11(8-10-20)12(21)22;8-6(9)5-1-3-7-4-2-5;3-2(4,5)1(6)7/h11H,7-10H2,1-6H3,(H,21,22)(H,18,19,23,24);5,7H,1-4H2,(H,8,9);(H,6,7). The lowest BCUT2D eigenvalue weighted by atomic mass is 9.97. The minimum Gasteiger partial charge on any atom is -0.481 e. The number of alkyl halides is 3. The van der Waals surface area contributed by atoms with Crippen molar-refractivity contribution >= 4 is 36.1 Å². The molecule has 42 heavy (non-hydrogen) atoms. The number of hydrogen-bond acceptors (Lipinski definition) is 8. The fourth-order valence-electron chi connectivity index (χ4n) is 3.35. The number of hydrogen-bond donors (Lipinski definition) is 5. The van der Waals surface area contributed by atoms with Crippen molar-refractivity contribution in [2.24, 2.45) is 16.8 Å². The van der Waals surface area contributed by atoms with Crippen LogP contribution in [0.5, 0.6) is 0 Å². The Kier molecular flexibility index (Phi) is 15.3. The van der Waals surface area contributed by atoms with Gasteiger partial charge in [0, 0.05) is 13.1 Å². The number of rotatable bonds is 2. The second-order valence-corrected chi connectivity index (χ2v) is 11.3. The highest BCUT2D eigenvalue weighted by atomic mass is 19.4. The van der Waals surface area contributed by atoms with Gasteiger partial charge in [-0.1, -0.05) is 0 Å². The highest BCUT2D eigenvalue weighted by molar-refractivity contribution is 5.99. The van der Waals surface area contributed by atoms with E-state index in [1.165, 1.54) is 0 Å². The molecule has 2 aliphatic heterocycles. The van der Waals surface area contributed by atoms with Gasteiger partial charge in [0.05, 0.1) is 11.8 Å². The number of carboxylic acid groups (broad SMARTS) is 3. The Morgan fingerprint density at radius 2 is 1.19 bits per heavy atom. The average molecular weight is 615 g/mol. The zero-order valence-corrected chi connectivity index (χ0v) is 24.5. The SMILES string of the molecule is CC(C)(C)OC(=O)N=C(NC(=O)OC(C)(C)C)N1CCC(C(=O)O)CC1.O=C(O)C(F)(F)F.O=C(O)C1CCNCC1. The van der Waals surface area contributed by atoms with Gasteiger partial charge < -0.3 is 35.0 Å². The molecule has 17 heteroatoms. The molecule has 2 aliphatic rings. The number of aliphatic imine (C=N–C) groups is 1. The van der Waals surface area contributed by atoms with Crippen molar-refractivity contribution in [3.63, 3.8) is 0 Å². The molecule has 14 nitrogen and oxygen atoms in total. The zero-order chi connectivity index (χ0) is 32.9. The highest BCUT2D eigenvalue weighted by Crippen LogP contribution is 2.18. The van der Waals surface area contributed by atoms with Crippen LogP contribution in [0.25, 0.3) is 0 Å². The van der Waals surface area contributed by atoms with Gasteiger partial charge in [-0.25, -0.2) is 14.4 Å². The van der Waals surface area contributed by atoms with Gasteiger partial charge in [0.2, 0.25) is 5.96 Å². The Hall–Kier alpha value is -3.63. The van der Waals surface area contributed by atoms with Crippen molar-refractivity contribution in [3.8, 4) is 0 Å². The van der Waals surface area contributed by atoms with Crippen LogP contribution >= 0.6 is 0 Å². The lowest BCUT2D eigenvalue weighted by Gasteiger charge is -2.32. The minimum atomic E-state index is -5.08. The number of nitrogens with one attached hydrogen (secondary N) is 2. The van der Waals surface area contributed by atoms with E-state index in [0.29, 0.717) is 25.9 Å². The van der Waals surface area contributed by atoms with Crippen LogP contribution in [-0.4, -0.2) is 99.8 Å². The summed E-state index contributed by atoms with van der Waals surface area (Å²) in [4.78, 5) is 59.9. The van der Waals surface area contributed by atoms with Crippen LogP contribution in [0.15, 0.2) is 4.99 Å². The molecule has 2 rings (SSSR count). The van der Waals surface area contributed by atoms with Gasteiger partial charge in [-0.3, -0.25) is 14.9 Å². The van der Waals surface area contributed by atoms with E-state index >= 15 is 0 Å². The molecule has 2 fully saturated rings. The molecule has 0 bridgehead atoms. The smallest absolute Gasteiger partial charge is 0.481 e. The molecule has 0 atom stereocenters. The van der Waals surface area contributed by atoms with Gasteiger partial charge in [0.25, 0.3) is 0 Å². The normalized spacial score (nSPS) is 17.0. The predicted octanol–water partition coefficient (Wildman–Crippen LogP) is 3.30. The number of piperidine rings is 2. The van der Waals surface area contributed by atoms with E-state index in [1.807, 2.05) is 0 Å². The van der Waals surface area contributed by atoms with Gasteiger partial charge in [0.1, 0.15) is 11.2 Å². The number of aliphatic carboxylic acids is 3. The van der Waals surface area contributed by atoms with E-state index < -0.39 is 53.4 Å². The molecule has 0 aromatic carbocycles. The number of amides is 2. The van der Waals surface area contributed by atoms with Gasteiger partial charge >= 0.3 is 36.3 Å². The summed E-state index contributed by atoms with van der Waals surface area (Å²) in [5.74, 6) is -4.79. The fourth-order valence-corrected chi connectivity index (χ4v) is 3.35. The summed E-state index contributed by atoms with van der Waals surface area (Å²) in [5.41, 5.74) is -1.44. The quantitative estimate of drug-likeness (QED) is 0.225. The Morgan fingerprint density at radius 1 is 0.786 bits per heavy atom. The van der Waals surface area contributed by atoms with Gasteiger partial charge in [-0.15, -0.1) is 4.99 Å². The summed E-state index contributed by atoms with van der Waals surface area (Å²) in [5, 5.41) is 30.3. The molecule has 2 amide bonds. The Bertz CT molecular complexity index is 961. The molecule has 5 N–H and O–H groups in total. The van der Waals surface area contributed by atoms with E-state index in [4.69, 9.17) is 29.6 Å². The number of alkyl carbamates (subject to hydrolysis) is 1. The molecule has 0 unspecified atom stereocenters. The predicted molar refractivity (Wildman–Crippen MR) is 142 cm³/mol. The van der Waals surface area contributed by atoms with E-state index in [9.17, 15) is 32.3 Å². The number of carboxylic acids is 3. The Balaban J connectivity index is 0.000000848. The maximum absolute atomic E-state index is 12.1. The lowest BCUT2D eigenvalue weighted by molar-refractivity contribution is -0.192. The summed E-state index contributed by atoms with van der Waals surface area (Å²) in [6, 6.07) is 0. The molecule has 0 saturated carbocycles. The first-order valence-corrected chi connectivity index (χ1v) is 13.0. The maximum atomic E-state index is 12.1. The molecule has 0 aliphatic carbocycles. The van der Waals surface area contributed by atoms with Crippen molar-refractivity contribution < 1.29 is 61.9 Å². The molecule has 0 aromatic rings. The third-order valence-electron chi connectivity index (χ3n) is 5.28. The first kappa shape index (κ1) is 38.4. The Labute approximate surface area is 241 Å². The van der Waals surface area contributed by atoms with Crippen LogP contribution in [0, 0.1) is 11.8 Å². The Morgan fingerprint density at radius 3 is 1.52 bits per heavy atom. The van der Waals surface area contributed by atoms with Crippen molar-refractivity contribution in [2.45, 2.75) is 84.6 Å². The molecule has 0 radical (unpaired) electrons. The third kappa shape index (κ3) is 17.9. The summed E-state index contributed by atoms with van der Waals surface area (Å²) in [6.45, 7) is 12.7. The monoisotopic (exact) mass is 614 g/mol. The van der Waals surface area contributed by atoms with Crippen LogP contribution in [-0.2, 0) is 23.9 Å². The van der Waals surface area contributed by atoms with Crippen molar-refractivity contribution in [1.82, 2.24) is 15.5 Å². The molecule has 2 saturated heterocycles. The molecular weight excluding hydrogens is 573 g/mol. The van der Waals surface area contributed by atoms with Crippen LogP contribution < -0.4 is 10.6 Å². The zero-order valence-electron chi connectivity index (χ0n) is 24.5. The van der Waals surface area contributed by atoms with E-state index in [2.05, 4.69) is 15.6 Å². The van der Waals surface area contributed by atoms with Gasteiger partial charge in [-0.05, 0) is 80.3 Å². The van der Waals surface area contributed by atoms with E-state index in [0.717, 1.165) is 25.9 Å². The number of halogens is 3. The number of guanidine groups is 1. The molecule has 2 heterocycles. The number of carbonyl (C=O) groups excluding carboxylic acids is 2. The third-order valence-corrected chi connectivity index (χ3v) is 5.28. The van der Waals surface area contributed by atoms with Crippen molar-refractivity contribution in [3.05, 3.63) is 0 Å². The number of ether oxygens (including phenoxy) is 2. The summed E-state index contributed by atoms with van der Waals surface area (Å²) >= 11 is 0. The number of nitrogens with zero attached hydrogens (tertiary/aromatic N) is 2. The molecule has 0 aromatic heterocycles. The van der Waals surface area contributed by atoms with Gasteiger partial charge in [0.15, 0.2) is 0 Å². The topological polar surface area (TPSA) is 204 Å². The minimum absolute atomic E-state index is 0.00246. The summed E-state index contributed by atoms with van der Waals surface area (Å²) in [7, 11) is 0. The fraction of sp³-hybridized carbons (Fsp3) is 0.760. The van der Waals surface area contributed by atoms with Crippen molar-refractivity contribution in [2.75, 3.05) is 26.2 Å². The second kappa shape index (κ2) is 16.7. The largest absolute Gasteiger partial charge is 0.490 e. The maximum Gasteiger partial charge on any atom is 0.490 e. The molecule has 242 valence electrons. The van der Waals surface area contributed by atoms with Gasteiger partial charge in [-0.2, -0.15) is 13.2 Å². The molecule has 0 spiro atoms. The first-order chi connectivity index (χ1) is 19.0. The van der Waals surface area contributed by atoms with Crippen molar-refractivity contribution in [1.29, 1.82) is 0 Å². The highest BCUT2D eigenvalue weighted by Gasteiger charge is 2.38. The first-order valence-electron chi connectivity index (χ1n) is 13.0. The summed E-state index contributed by atoms with van der Waals surface area (Å²) < 4.78 is 42.1. The average Bonchev–Trinajstić information content (AvgIpc) is 2.82. The van der Waals surface area contributed by atoms with Crippen LogP contribution in [0.2, 0.25) is 0 Å². The van der Waals surface area contributed by atoms with Crippen LogP contribution in [0.4, 0.5) is 22.8 Å². The molecular formula is C25H41F3N4O10. The second-order valence-electron chi connectivity index (χ2n) is 11.3. The lowest BCUT2D eigenvalue weighted by Crippen LogP contribution is -2.49. The van der Waals surface area contributed by atoms with Crippen LogP contribution in [0.1, 0.15) is 67.2 Å².